The summed E-state index contributed by atoms with van der Waals surface area (Å²) >= 11 is 5.82. The van der Waals surface area contributed by atoms with Gasteiger partial charge in [-0.25, -0.2) is 9.18 Å². The van der Waals surface area contributed by atoms with Crippen molar-refractivity contribution in [2.75, 3.05) is 18.4 Å². The minimum Gasteiger partial charge on any atom is -0.391 e. The Bertz CT molecular complexity index is 456. The number of β-amino-alcohol motifs (C(OH)–C–C–N with tert-alkyl or cyclic N) is 1. The van der Waals surface area contributed by atoms with E-state index in [1.165, 1.54) is 17.0 Å². The summed E-state index contributed by atoms with van der Waals surface area (Å²) in [4.78, 5) is 13.4. The summed E-state index contributed by atoms with van der Waals surface area (Å²) in [5.74, 6) is -0.452. The lowest BCUT2D eigenvalue weighted by Gasteiger charge is -2.30. The van der Waals surface area contributed by atoms with E-state index in [0.29, 0.717) is 25.2 Å². The molecule has 98 valence electrons. The molecule has 1 atom stereocenters. The highest BCUT2D eigenvalue weighted by Crippen LogP contribution is 2.23. The van der Waals surface area contributed by atoms with E-state index < -0.39 is 11.9 Å². The first-order valence-electron chi connectivity index (χ1n) is 5.75. The maximum atomic E-state index is 12.9. The highest BCUT2D eigenvalue weighted by molar-refractivity contribution is 6.33. The van der Waals surface area contributed by atoms with Crippen molar-refractivity contribution in [3.63, 3.8) is 0 Å². The number of nitrogens with one attached hydrogen (secondary N) is 1. The molecule has 0 saturated carbocycles. The van der Waals surface area contributed by atoms with Gasteiger partial charge in [0.2, 0.25) is 0 Å². The molecule has 18 heavy (non-hydrogen) atoms. The zero-order valence-electron chi connectivity index (χ0n) is 9.70. The highest BCUT2D eigenvalue weighted by Gasteiger charge is 2.22. The van der Waals surface area contributed by atoms with Crippen molar-refractivity contribution in [3.05, 3.63) is 29.0 Å². The summed E-state index contributed by atoms with van der Waals surface area (Å²) in [6.45, 7) is 0.909. The number of nitrogens with zero attached hydrogens (tertiary/aromatic N) is 1. The van der Waals surface area contributed by atoms with E-state index in [1.54, 1.807) is 0 Å². The molecule has 0 unspecified atom stereocenters. The Morgan fingerprint density at radius 2 is 2.33 bits per heavy atom. The monoisotopic (exact) mass is 272 g/mol. The minimum atomic E-state index is -0.479. The third-order valence-electron chi connectivity index (χ3n) is 2.86. The van der Waals surface area contributed by atoms with Gasteiger partial charge in [0.05, 0.1) is 16.8 Å². The first-order chi connectivity index (χ1) is 8.56. The second kappa shape index (κ2) is 5.54. The number of anilines is 1. The summed E-state index contributed by atoms with van der Waals surface area (Å²) < 4.78 is 12.9. The molecule has 0 aromatic heterocycles. The summed E-state index contributed by atoms with van der Waals surface area (Å²) in [6.07, 6.45) is 1.00. The van der Waals surface area contributed by atoms with E-state index >= 15 is 0 Å². The molecule has 2 rings (SSSR count). The van der Waals surface area contributed by atoms with Crippen molar-refractivity contribution in [1.29, 1.82) is 0 Å². The van der Waals surface area contributed by atoms with Crippen LogP contribution in [0.15, 0.2) is 18.2 Å². The number of aliphatic hydroxyl groups is 1. The molecule has 1 fully saturated rings. The van der Waals surface area contributed by atoms with E-state index in [1.807, 2.05) is 0 Å². The molecule has 1 saturated heterocycles. The SMILES string of the molecule is O=C(Nc1ccc(F)cc1Cl)N1CCC[C@H](O)C1. The van der Waals surface area contributed by atoms with Crippen LogP contribution in [0.3, 0.4) is 0 Å². The number of hydrogen-bond acceptors (Lipinski definition) is 2. The molecule has 2 N–H and O–H groups in total. The van der Waals surface area contributed by atoms with Gasteiger partial charge in [0, 0.05) is 13.1 Å². The highest BCUT2D eigenvalue weighted by atomic mass is 35.5. The van der Waals surface area contributed by atoms with Crippen LogP contribution < -0.4 is 5.32 Å². The Hall–Kier alpha value is -1.33. The predicted molar refractivity (Wildman–Crippen MR) is 67.2 cm³/mol. The number of urea groups is 1. The molecule has 1 aliphatic heterocycles. The fourth-order valence-electron chi connectivity index (χ4n) is 1.92. The van der Waals surface area contributed by atoms with Crippen LogP contribution >= 0.6 is 11.6 Å². The maximum Gasteiger partial charge on any atom is 0.321 e. The Labute approximate surface area is 109 Å². The topological polar surface area (TPSA) is 52.6 Å². The minimum absolute atomic E-state index is 0.154. The fraction of sp³-hybridized carbons (Fsp3) is 0.417. The van der Waals surface area contributed by atoms with Gasteiger partial charge < -0.3 is 15.3 Å². The van der Waals surface area contributed by atoms with Crippen LogP contribution in [0.2, 0.25) is 5.02 Å². The summed E-state index contributed by atoms with van der Waals surface area (Å²) in [7, 11) is 0. The molecule has 0 spiro atoms. The van der Waals surface area contributed by atoms with E-state index in [4.69, 9.17) is 11.6 Å². The molecule has 1 aromatic carbocycles. The number of amides is 2. The third-order valence-corrected chi connectivity index (χ3v) is 3.17. The smallest absolute Gasteiger partial charge is 0.321 e. The molecule has 1 heterocycles. The van der Waals surface area contributed by atoms with Gasteiger partial charge in [0.15, 0.2) is 0 Å². The normalized spacial score (nSPS) is 19.7. The molecule has 2 amide bonds. The van der Waals surface area contributed by atoms with Gasteiger partial charge in [-0.1, -0.05) is 11.6 Å². The maximum absolute atomic E-state index is 12.9. The van der Waals surface area contributed by atoms with Crippen molar-refractivity contribution < 1.29 is 14.3 Å². The second-order valence-electron chi connectivity index (χ2n) is 4.30. The van der Waals surface area contributed by atoms with Gasteiger partial charge in [0.25, 0.3) is 0 Å². The van der Waals surface area contributed by atoms with Crippen molar-refractivity contribution >= 4 is 23.3 Å². The van der Waals surface area contributed by atoms with Crippen LogP contribution in [0.1, 0.15) is 12.8 Å². The van der Waals surface area contributed by atoms with Crippen LogP contribution in [-0.2, 0) is 0 Å². The summed E-state index contributed by atoms with van der Waals surface area (Å²) in [6, 6.07) is 3.45. The molecule has 6 heteroatoms. The first kappa shape index (κ1) is 13.1. The molecule has 0 radical (unpaired) electrons. The Morgan fingerprint density at radius 1 is 1.56 bits per heavy atom. The third kappa shape index (κ3) is 3.11. The first-order valence-corrected chi connectivity index (χ1v) is 6.13. The number of carbonyl (C=O) groups is 1. The standard InChI is InChI=1S/C12H14ClFN2O2/c13-10-6-8(14)3-4-11(10)15-12(18)16-5-1-2-9(17)7-16/h3-4,6,9,17H,1-2,5,7H2,(H,15,18)/t9-/m0/s1. The number of aliphatic hydroxyl groups excluding tert-OH is 1. The van der Waals surface area contributed by atoms with Crippen molar-refractivity contribution in [2.24, 2.45) is 0 Å². The largest absolute Gasteiger partial charge is 0.391 e. The quantitative estimate of drug-likeness (QED) is 0.825. The van der Waals surface area contributed by atoms with Gasteiger partial charge >= 0.3 is 6.03 Å². The Kier molecular flexibility index (Phi) is 4.04. The lowest BCUT2D eigenvalue weighted by Crippen LogP contribution is -2.44. The molecule has 0 bridgehead atoms. The van der Waals surface area contributed by atoms with Gasteiger partial charge in [0.1, 0.15) is 5.82 Å². The Balaban J connectivity index is 2.02. The van der Waals surface area contributed by atoms with Crippen LogP contribution in [0.4, 0.5) is 14.9 Å². The van der Waals surface area contributed by atoms with Gasteiger partial charge in [-0.3, -0.25) is 0 Å². The molecule has 0 aliphatic carbocycles. The molecule has 1 aromatic rings. The summed E-state index contributed by atoms with van der Waals surface area (Å²) in [5.41, 5.74) is 0.364. The zero-order valence-corrected chi connectivity index (χ0v) is 10.5. The second-order valence-corrected chi connectivity index (χ2v) is 4.70. The number of piperidine rings is 1. The average molecular weight is 273 g/mol. The number of carbonyl (C=O) groups excluding carboxylic acids is 1. The van der Waals surface area contributed by atoms with Crippen LogP contribution in [0.25, 0.3) is 0 Å². The number of hydrogen-bond donors (Lipinski definition) is 2. The molecule has 1 aliphatic rings. The zero-order chi connectivity index (χ0) is 13.1. The van der Waals surface area contributed by atoms with Crippen LogP contribution in [0, 0.1) is 5.82 Å². The number of halogens is 2. The van der Waals surface area contributed by atoms with E-state index in [0.717, 1.165) is 12.5 Å². The van der Waals surface area contributed by atoms with E-state index in [9.17, 15) is 14.3 Å². The predicted octanol–water partition coefficient (Wildman–Crippen LogP) is 2.47. The Morgan fingerprint density at radius 3 is 3.00 bits per heavy atom. The lowest BCUT2D eigenvalue weighted by atomic mass is 10.1. The average Bonchev–Trinajstić information content (AvgIpc) is 2.32. The van der Waals surface area contributed by atoms with Crippen molar-refractivity contribution in [2.45, 2.75) is 18.9 Å². The summed E-state index contributed by atoms with van der Waals surface area (Å²) in [5, 5.41) is 12.2. The van der Waals surface area contributed by atoms with Gasteiger partial charge in [-0.2, -0.15) is 0 Å². The van der Waals surface area contributed by atoms with Crippen LogP contribution in [0.5, 0.6) is 0 Å². The van der Waals surface area contributed by atoms with E-state index in [2.05, 4.69) is 5.32 Å². The molecule has 4 nitrogen and oxygen atoms in total. The number of rotatable bonds is 1. The number of likely N-dealkylation sites (tertiary alicyclic amines) is 1. The number of benzene rings is 1. The molecular weight excluding hydrogens is 259 g/mol. The van der Waals surface area contributed by atoms with Gasteiger partial charge in [-0.15, -0.1) is 0 Å². The van der Waals surface area contributed by atoms with Crippen molar-refractivity contribution in [3.8, 4) is 0 Å². The van der Waals surface area contributed by atoms with Crippen molar-refractivity contribution in [1.82, 2.24) is 4.90 Å². The lowest BCUT2D eigenvalue weighted by molar-refractivity contribution is 0.0883. The molecular formula is C12H14ClFN2O2. The van der Waals surface area contributed by atoms with Gasteiger partial charge in [-0.05, 0) is 31.0 Å². The van der Waals surface area contributed by atoms with Crippen LogP contribution in [-0.4, -0.2) is 35.2 Å². The fourth-order valence-corrected chi connectivity index (χ4v) is 2.14. The van der Waals surface area contributed by atoms with E-state index in [-0.39, 0.29) is 11.1 Å².